The Kier molecular flexibility index (Phi) is 5.76. The monoisotopic (exact) mass is 390 g/mol. The Morgan fingerprint density at radius 1 is 1.04 bits per heavy atom. The molecule has 1 aromatic rings. The van der Waals surface area contributed by atoms with E-state index in [2.05, 4.69) is 11.7 Å². The van der Waals surface area contributed by atoms with Crippen molar-refractivity contribution in [3.63, 3.8) is 0 Å². The van der Waals surface area contributed by atoms with Crippen LogP contribution in [0.2, 0.25) is 0 Å². The van der Waals surface area contributed by atoms with Crippen LogP contribution in [0.4, 0.5) is 8.78 Å². The first kappa shape index (κ1) is 19.8. The van der Waals surface area contributed by atoms with Crippen LogP contribution < -0.4 is 0 Å². The minimum absolute atomic E-state index is 0.514. The molecule has 28 heavy (non-hydrogen) atoms. The van der Waals surface area contributed by atoms with E-state index in [1.54, 1.807) is 0 Å². The summed E-state index contributed by atoms with van der Waals surface area (Å²) in [6, 6.07) is 1.38. The highest BCUT2D eigenvalue weighted by molar-refractivity contribution is 5.90. The van der Waals surface area contributed by atoms with E-state index < -0.39 is 23.2 Å². The minimum atomic E-state index is -0.930. The molecule has 0 amide bonds. The van der Waals surface area contributed by atoms with Crippen LogP contribution in [-0.4, -0.2) is 13.1 Å². The molecule has 0 bridgehead atoms. The highest BCUT2D eigenvalue weighted by atomic mass is 19.1. The number of hydrogen-bond acceptors (Lipinski definition) is 2. The zero-order valence-electron chi connectivity index (χ0n) is 17.1. The zero-order valence-corrected chi connectivity index (χ0v) is 17.1. The molecule has 0 aliphatic heterocycles. The standard InChI is InChI=1S/C24H32F2O2/c1-3-14-4-5-16-11-17(7-6-15(16)10-14)18-8-9-20-19(12-18)13-21(25)22(23(20)26)24(27)28-2/h13-18H,3-12H2,1-2H3. The average Bonchev–Trinajstić information content (AvgIpc) is 2.72. The lowest BCUT2D eigenvalue weighted by molar-refractivity contribution is 0.0588. The van der Waals surface area contributed by atoms with E-state index in [9.17, 15) is 13.6 Å². The van der Waals surface area contributed by atoms with Gasteiger partial charge in [0, 0.05) is 0 Å². The molecule has 1 aromatic carbocycles. The maximum Gasteiger partial charge on any atom is 0.343 e. The number of ether oxygens (including phenoxy) is 1. The number of carbonyl (C=O) groups is 1. The van der Waals surface area contributed by atoms with E-state index in [4.69, 9.17) is 0 Å². The first-order valence-corrected chi connectivity index (χ1v) is 11.1. The summed E-state index contributed by atoms with van der Waals surface area (Å²) in [5, 5.41) is 0. The van der Waals surface area contributed by atoms with Crippen molar-refractivity contribution in [2.24, 2.45) is 29.6 Å². The molecule has 0 N–H and O–H groups in total. The molecule has 154 valence electrons. The van der Waals surface area contributed by atoms with E-state index in [0.717, 1.165) is 43.3 Å². The third-order valence-corrected chi connectivity index (χ3v) is 8.05. The molecule has 5 atom stereocenters. The summed E-state index contributed by atoms with van der Waals surface area (Å²) in [5.41, 5.74) is 0.749. The second-order valence-electron chi connectivity index (χ2n) is 9.36. The molecular weight excluding hydrogens is 358 g/mol. The molecule has 2 nitrogen and oxygen atoms in total. The van der Waals surface area contributed by atoms with Crippen molar-refractivity contribution in [3.8, 4) is 0 Å². The smallest absolute Gasteiger partial charge is 0.343 e. The number of fused-ring (bicyclic) bond motifs is 2. The van der Waals surface area contributed by atoms with Gasteiger partial charge in [-0.3, -0.25) is 0 Å². The summed E-state index contributed by atoms with van der Waals surface area (Å²) < 4.78 is 33.7. The minimum Gasteiger partial charge on any atom is -0.465 e. The van der Waals surface area contributed by atoms with Crippen LogP contribution in [0.1, 0.15) is 79.8 Å². The first-order valence-electron chi connectivity index (χ1n) is 11.1. The van der Waals surface area contributed by atoms with Crippen molar-refractivity contribution in [1.82, 2.24) is 0 Å². The summed E-state index contributed by atoms with van der Waals surface area (Å²) in [5.74, 6) is 1.46. The predicted octanol–water partition coefficient (Wildman–Crippen LogP) is 6.10. The Bertz CT molecular complexity index is 745. The fourth-order valence-corrected chi connectivity index (χ4v) is 6.39. The predicted molar refractivity (Wildman–Crippen MR) is 105 cm³/mol. The Labute approximate surface area is 167 Å². The average molecular weight is 391 g/mol. The van der Waals surface area contributed by atoms with Crippen molar-refractivity contribution >= 4 is 5.97 Å². The Morgan fingerprint density at radius 2 is 1.71 bits per heavy atom. The molecule has 2 fully saturated rings. The van der Waals surface area contributed by atoms with Gasteiger partial charge in [0.2, 0.25) is 0 Å². The normalized spacial score (nSPS) is 32.4. The number of rotatable bonds is 3. The lowest BCUT2D eigenvalue weighted by atomic mass is 9.61. The van der Waals surface area contributed by atoms with Crippen LogP contribution in [-0.2, 0) is 17.6 Å². The summed E-state index contributed by atoms with van der Waals surface area (Å²) in [4.78, 5) is 11.7. The fourth-order valence-electron chi connectivity index (χ4n) is 6.39. The van der Waals surface area contributed by atoms with Gasteiger partial charge in [-0.05, 0) is 98.1 Å². The van der Waals surface area contributed by atoms with Crippen LogP contribution in [0.15, 0.2) is 6.07 Å². The second kappa shape index (κ2) is 8.12. The van der Waals surface area contributed by atoms with Gasteiger partial charge in [-0.2, -0.15) is 0 Å². The van der Waals surface area contributed by atoms with Crippen LogP contribution >= 0.6 is 0 Å². The lowest BCUT2D eigenvalue weighted by Crippen LogP contribution is -2.35. The quantitative estimate of drug-likeness (QED) is 0.583. The van der Waals surface area contributed by atoms with Crippen LogP contribution in [0.25, 0.3) is 0 Å². The molecule has 5 unspecified atom stereocenters. The van der Waals surface area contributed by atoms with E-state index in [1.807, 2.05) is 0 Å². The van der Waals surface area contributed by atoms with Crippen molar-refractivity contribution in [2.75, 3.05) is 7.11 Å². The van der Waals surface area contributed by atoms with Crippen LogP contribution in [0.3, 0.4) is 0 Å². The zero-order chi connectivity index (χ0) is 19.8. The van der Waals surface area contributed by atoms with Gasteiger partial charge in [0.15, 0.2) is 0 Å². The number of hydrogen-bond donors (Lipinski definition) is 0. The molecule has 4 heteroatoms. The summed E-state index contributed by atoms with van der Waals surface area (Å²) >= 11 is 0. The molecule has 0 saturated heterocycles. The number of carbonyl (C=O) groups excluding carboxylic acids is 1. The number of methoxy groups -OCH3 is 1. The molecule has 4 rings (SSSR count). The Balaban J connectivity index is 1.47. The maximum atomic E-state index is 14.8. The Morgan fingerprint density at radius 3 is 2.43 bits per heavy atom. The van der Waals surface area contributed by atoms with Crippen molar-refractivity contribution in [3.05, 3.63) is 34.4 Å². The van der Waals surface area contributed by atoms with Crippen LogP contribution in [0, 0.1) is 41.2 Å². The first-order chi connectivity index (χ1) is 13.5. The SMILES string of the molecule is CCC1CCC2CC(C3CCc4c(cc(F)c(C(=O)OC)c4F)C3)CCC2C1. The third kappa shape index (κ3) is 3.59. The fraction of sp³-hybridized carbons (Fsp3) is 0.708. The van der Waals surface area contributed by atoms with Crippen molar-refractivity contribution in [1.29, 1.82) is 0 Å². The van der Waals surface area contributed by atoms with Gasteiger partial charge in [0.05, 0.1) is 7.11 Å². The topological polar surface area (TPSA) is 26.3 Å². The van der Waals surface area contributed by atoms with E-state index in [1.165, 1.54) is 51.0 Å². The molecule has 2 saturated carbocycles. The summed E-state index contributed by atoms with van der Waals surface area (Å²) in [6.45, 7) is 2.32. The molecule has 0 aromatic heterocycles. The van der Waals surface area contributed by atoms with Crippen LogP contribution in [0.5, 0.6) is 0 Å². The van der Waals surface area contributed by atoms with Gasteiger partial charge in [-0.15, -0.1) is 0 Å². The molecule has 0 spiro atoms. The largest absolute Gasteiger partial charge is 0.465 e. The molecule has 0 radical (unpaired) electrons. The summed E-state index contributed by atoms with van der Waals surface area (Å²) in [7, 11) is 1.15. The number of benzene rings is 1. The number of halogens is 2. The number of esters is 1. The van der Waals surface area contributed by atoms with Gasteiger partial charge >= 0.3 is 5.97 Å². The van der Waals surface area contributed by atoms with Gasteiger partial charge in [-0.1, -0.05) is 19.8 Å². The maximum absolute atomic E-state index is 14.8. The van der Waals surface area contributed by atoms with Gasteiger partial charge in [-0.25, -0.2) is 13.6 Å². The third-order valence-electron chi connectivity index (χ3n) is 8.05. The molecule has 3 aliphatic rings. The highest BCUT2D eigenvalue weighted by Crippen LogP contribution is 2.49. The van der Waals surface area contributed by atoms with E-state index in [-0.39, 0.29) is 0 Å². The van der Waals surface area contributed by atoms with Gasteiger partial charge in [0.1, 0.15) is 17.2 Å². The van der Waals surface area contributed by atoms with Gasteiger partial charge < -0.3 is 4.74 Å². The van der Waals surface area contributed by atoms with Gasteiger partial charge in [0.25, 0.3) is 0 Å². The summed E-state index contributed by atoms with van der Waals surface area (Å²) in [6.07, 6.45) is 11.6. The molecule has 0 heterocycles. The van der Waals surface area contributed by atoms with E-state index in [0.29, 0.717) is 23.8 Å². The second-order valence-corrected chi connectivity index (χ2v) is 9.36. The molecular formula is C24H32F2O2. The van der Waals surface area contributed by atoms with E-state index >= 15 is 0 Å². The highest BCUT2D eigenvalue weighted by Gasteiger charge is 2.39. The van der Waals surface area contributed by atoms with Crippen molar-refractivity contribution < 1.29 is 18.3 Å². The Hall–Kier alpha value is -1.45. The van der Waals surface area contributed by atoms with Crippen molar-refractivity contribution in [2.45, 2.75) is 71.1 Å². The lowest BCUT2D eigenvalue weighted by Gasteiger charge is -2.45. The molecule has 3 aliphatic carbocycles.